The number of carbonyl (C=O) groups is 1. The smallest absolute Gasteiger partial charge is 0.256 e. The minimum absolute atomic E-state index is 0.0298. The number of aryl methyl sites for hydroxylation is 2. The van der Waals surface area contributed by atoms with Crippen LogP contribution in [0.15, 0.2) is 30.5 Å². The van der Waals surface area contributed by atoms with Crippen LogP contribution in [0.4, 0.5) is 0 Å². The van der Waals surface area contributed by atoms with E-state index in [2.05, 4.69) is 19.7 Å². The maximum atomic E-state index is 13.1. The lowest BCUT2D eigenvalue weighted by Gasteiger charge is -2.27. The van der Waals surface area contributed by atoms with E-state index in [-0.39, 0.29) is 5.91 Å². The predicted molar refractivity (Wildman–Crippen MR) is 92.5 cm³/mol. The number of aromatic nitrogens is 5. The van der Waals surface area contributed by atoms with Crippen LogP contribution in [0.25, 0.3) is 5.82 Å². The van der Waals surface area contributed by atoms with E-state index in [0.29, 0.717) is 18.7 Å². The standard InChI is InChI=1S/C18H20N6O/c1-12-10-15(13(2)24(12)16-6-4-5-7-19-16)18(25)22-8-9-23-14(3)20-21-17(23)11-22/h4-7,10H,8-9,11H2,1-3H3. The van der Waals surface area contributed by atoms with Gasteiger partial charge in [0.05, 0.1) is 12.1 Å². The molecule has 3 aromatic heterocycles. The largest absolute Gasteiger partial charge is 0.329 e. The monoisotopic (exact) mass is 336 g/mol. The molecule has 1 aliphatic rings. The maximum absolute atomic E-state index is 13.1. The number of hydrogen-bond donors (Lipinski definition) is 0. The number of amides is 1. The summed E-state index contributed by atoms with van der Waals surface area (Å²) in [7, 11) is 0. The van der Waals surface area contributed by atoms with Crippen molar-refractivity contribution in [3.63, 3.8) is 0 Å². The average molecular weight is 336 g/mol. The van der Waals surface area contributed by atoms with Crippen LogP contribution < -0.4 is 0 Å². The second kappa shape index (κ2) is 5.84. The average Bonchev–Trinajstić information content (AvgIpc) is 3.14. The fourth-order valence-electron chi connectivity index (χ4n) is 3.46. The molecule has 7 heteroatoms. The Kier molecular flexibility index (Phi) is 3.63. The van der Waals surface area contributed by atoms with Gasteiger partial charge in [0, 0.05) is 30.7 Å². The van der Waals surface area contributed by atoms with Gasteiger partial charge in [-0.1, -0.05) is 6.07 Å². The zero-order valence-corrected chi connectivity index (χ0v) is 14.6. The quantitative estimate of drug-likeness (QED) is 0.718. The van der Waals surface area contributed by atoms with E-state index in [4.69, 9.17) is 0 Å². The molecule has 25 heavy (non-hydrogen) atoms. The first-order valence-corrected chi connectivity index (χ1v) is 8.34. The zero-order valence-electron chi connectivity index (χ0n) is 14.6. The summed E-state index contributed by atoms with van der Waals surface area (Å²) >= 11 is 0. The second-order valence-corrected chi connectivity index (χ2v) is 6.35. The molecule has 1 aliphatic heterocycles. The molecule has 4 heterocycles. The van der Waals surface area contributed by atoms with E-state index in [0.717, 1.165) is 35.4 Å². The van der Waals surface area contributed by atoms with Crippen LogP contribution in [-0.2, 0) is 13.1 Å². The SMILES string of the molecule is Cc1nnc2n1CCN(C(=O)c1cc(C)n(-c3ccccn3)c1C)C2. The zero-order chi connectivity index (χ0) is 17.6. The summed E-state index contributed by atoms with van der Waals surface area (Å²) in [6, 6.07) is 7.72. The van der Waals surface area contributed by atoms with Gasteiger partial charge in [0.15, 0.2) is 5.82 Å². The van der Waals surface area contributed by atoms with Crippen LogP contribution in [0.5, 0.6) is 0 Å². The van der Waals surface area contributed by atoms with E-state index in [1.165, 1.54) is 0 Å². The summed E-state index contributed by atoms with van der Waals surface area (Å²) in [6.07, 6.45) is 1.76. The van der Waals surface area contributed by atoms with Gasteiger partial charge < -0.3 is 14.0 Å². The molecular weight excluding hydrogens is 316 g/mol. The van der Waals surface area contributed by atoms with E-state index < -0.39 is 0 Å². The molecule has 0 bridgehead atoms. The van der Waals surface area contributed by atoms with Gasteiger partial charge >= 0.3 is 0 Å². The Balaban J connectivity index is 1.66. The Labute approximate surface area is 145 Å². The Bertz CT molecular complexity index is 940. The number of nitrogens with zero attached hydrogens (tertiary/aromatic N) is 6. The highest BCUT2D eigenvalue weighted by Crippen LogP contribution is 2.22. The fraction of sp³-hybridized carbons (Fsp3) is 0.333. The van der Waals surface area contributed by atoms with Crippen molar-refractivity contribution in [1.82, 2.24) is 29.2 Å². The van der Waals surface area contributed by atoms with Gasteiger partial charge in [-0.25, -0.2) is 4.98 Å². The van der Waals surface area contributed by atoms with E-state index in [9.17, 15) is 4.79 Å². The van der Waals surface area contributed by atoms with Gasteiger partial charge in [0.2, 0.25) is 0 Å². The lowest BCUT2D eigenvalue weighted by atomic mass is 10.2. The topological polar surface area (TPSA) is 68.8 Å². The molecule has 0 saturated heterocycles. The highest BCUT2D eigenvalue weighted by atomic mass is 16.2. The third kappa shape index (κ3) is 2.52. The van der Waals surface area contributed by atoms with Crippen molar-refractivity contribution < 1.29 is 4.79 Å². The highest BCUT2D eigenvalue weighted by Gasteiger charge is 2.27. The van der Waals surface area contributed by atoms with E-state index in [1.54, 1.807) is 6.20 Å². The molecule has 0 aromatic carbocycles. The van der Waals surface area contributed by atoms with Crippen molar-refractivity contribution in [3.05, 3.63) is 59.1 Å². The predicted octanol–water partition coefficient (Wildman–Crippen LogP) is 2.05. The van der Waals surface area contributed by atoms with Gasteiger partial charge in [-0.15, -0.1) is 10.2 Å². The molecule has 0 atom stereocenters. The van der Waals surface area contributed by atoms with Crippen molar-refractivity contribution >= 4 is 5.91 Å². The van der Waals surface area contributed by atoms with Gasteiger partial charge in [-0.05, 0) is 39.0 Å². The van der Waals surface area contributed by atoms with Gasteiger partial charge in [0.25, 0.3) is 5.91 Å². The molecule has 0 spiro atoms. The van der Waals surface area contributed by atoms with E-state index in [1.807, 2.05) is 54.5 Å². The van der Waals surface area contributed by atoms with Crippen molar-refractivity contribution in [1.29, 1.82) is 0 Å². The van der Waals surface area contributed by atoms with Gasteiger partial charge in [-0.2, -0.15) is 0 Å². The van der Waals surface area contributed by atoms with Crippen LogP contribution in [0.1, 0.15) is 33.4 Å². The van der Waals surface area contributed by atoms with Crippen LogP contribution in [-0.4, -0.2) is 41.7 Å². The molecule has 0 N–H and O–H groups in total. The summed E-state index contributed by atoms with van der Waals surface area (Å²) < 4.78 is 4.09. The summed E-state index contributed by atoms with van der Waals surface area (Å²) in [5.74, 6) is 2.60. The minimum atomic E-state index is 0.0298. The lowest BCUT2D eigenvalue weighted by molar-refractivity contribution is 0.0706. The van der Waals surface area contributed by atoms with Crippen LogP contribution >= 0.6 is 0 Å². The Hall–Kier alpha value is -2.96. The number of rotatable bonds is 2. The van der Waals surface area contributed by atoms with Crippen LogP contribution in [0.2, 0.25) is 0 Å². The lowest BCUT2D eigenvalue weighted by Crippen LogP contribution is -2.38. The Morgan fingerprint density at radius 2 is 1.96 bits per heavy atom. The summed E-state index contributed by atoms with van der Waals surface area (Å²) in [5, 5.41) is 8.28. The Morgan fingerprint density at radius 1 is 1.12 bits per heavy atom. The number of pyridine rings is 1. The molecule has 0 saturated carbocycles. The van der Waals surface area contributed by atoms with Crippen LogP contribution in [0, 0.1) is 20.8 Å². The maximum Gasteiger partial charge on any atom is 0.256 e. The summed E-state index contributed by atoms with van der Waals surface area (Å²) in [5.41, 5.74) is 2.62. The fourth-order valence-corrected chi connectivity index (χ4v) is 3.46. The Morgan fingerprint density at radius 3 is 2.72 bits per heavy atom. The molecule has 1 amide bonds. The molecule has 0 fully saturated rings. The first kappa shape index (κ1) is 15.6. The molecule has 128 valence electrons. The van der Waals surface area contributed by atoms with Crippen molar-refractivity contribution in [2.45, 2.75) is 33.9 Å². The minimum Gasteiger partial charge on any atom is -0.329 e. The third-order valence-electron chi connectivity index (χ3n) is 4.77. The molecule has 7 nitrogen and oxygen atoms in total. The van der Waals surface area contributed by atoms with Gasteiger partial charge in [0.1, 0.15) is 11.6 Å². The molecule has 4 rings (SSSR count). The second-order valence-electron chi connectivity index (χ2n) is 6.35. The molecule has 0 radical (unpaired) electrons. The molecule has 0 unspecified atom stereocenters. The highest BCUT2D eigenvalue weighted by molar-refractivity contribution is 5.96. The first-order chi connectivity index (χ1) is 12.1. The third-order valence-corrected chi connectivity index (χ3v) is 4.77. The molecule has 3 aromatic rings. The number of hydrogen-bond acceptors (Lipinski definition) is 4. The summed E-state index contributed by atoms with van der Waals surface area (Å²) in [4.78, 5) is 19.3. The van der Waals surface area contributed by atoms with Crippen LogP contribution in [0.3, 0.4) is 0 Å². The molecular formula is C18H20N6O. The normalized spacial score (nSPS) is 13.8. The van der Waals surface area contributed by atoms with E-state index >= 15 is 0 Å². The van der Waals surface area contributed by atoms with Crippen molar-refractivity contribution in [2.75, 3.05) is 6.54 Å². The van der Waals surface area contributed by atoms with Crippen molar-refractivity contribution in [2.24, 2.45) is 0 Å². The van der Waals surface area contributed by atoms with Crippen molar-refractivity contribution in [3.8, 4) is 5.82 Å². The van der Waals surface area contributed by atoms with Gasteiger partial charge in [-0.3, -0.25) is 4.79 Å². The first-order valence-electron chi connectivity index (χ1n) is 8.34. The number of carbonyl (C=O) groups excluding carboxylic acids is 1. The molecule has 0 aliphatic carbocycles. The summed E-state index contributed by atoms with van der Waals surface area (Å²) in [6.45, 7) is 7.79. The number of fused-ring (bicyclic) bond motifs is 1.